The highest BCUT2D eigenvalue weighted by Crippen LogP contribution is 2.40. The number of nitriles is 1. The van der Waals surface area contributed by atoms with Gasteiger partial charge in [-0.2, -0.15) is 5.26 Å². The molecular formula is C18H13NO3. The molecule has 1 aliphatic carbocycles. The van der Waals surface area contributed by atoms with Crippen LogP contribution in [0.4, 0.5) is 0 Å². The van der Waals surface area contributed by atoms with Gasteiger partial charge in [-0.05, 0) is 28.8 Å². The summed E-state index contributed by atoms with van der Waals surface area (Å²) in [7, 11) is 0. The van der Waals surface area contributed by atoms with Crippen molar-refractivity contribution >= 4 is 11.5 Å². The first-order valence-electron chi connectivity index (χ1n) is 6.82. The lowest BCUT2D eigenvalue weighted by atomic mass is 9.77. The molecule has 2 aromatic rings. The highest BCUT2D eigenvalue weighted by molar-refractivity contribution is 5.90. The van der Waals surface area contributed by atoms with Crippen molar-refractivity contribution < 1.29 is 15.0 Å². The molecule has 3 rings (SSSR count). The first-order valence-corrected chi connectivity index (χ1v) is 6.82. The molecule has 1 unspecified atom stereocenters. The molecule has 0 saturated carbocycles. The molecule has 0 fully saturated rings. The predicted octanol–water partition coefficient (Wildman–Crippen LogP) is 2.67. The van der Waals surface area contributed by atoms with Gasteiger partial charge in [0.2, 0.25) is 0 Å². The topological polar surface area (TPSA) is 81.3 Å². The van der Waals surface area contributed by atoms with E-state index in [0.717, 1.165) is 11.1 Å². The maximum absolute atomic E-state index is 11.5. The van der Waals surface area contributed by atoms with Gasteiger partial charge in [-0.15, -0.1) is 0 Å². The summed E-state index contributed by atoms with van der Waals surface area (Å²) >= 11 is 0. The number of aliphatic carboxylic acids is 1. The molecule has 0 amide bonds. The van der Waals surface area contributed by atoms with Gasteiger partial charge in [0.15, 0.2) is 5.60 Å². The number of hydrogen-bond acceptors (Lipinski definition) is 3. The van der Waals surface area contributed by atoms with Crippen LogP contribution >= 0.6 is 0 Å². The molecular weight excluding hydrogens is 278 g/mol. The van der Waals surface area contributed by atoms with Crippen molar-refractivity contribution in [3.05, 3.63) is 76.9 Å². The lowest BCUT2D eigenvalue weighted by Gasteiger charge is -2.30. The van der Waals surface area contributed by atoms with Gasteiger partial charge in [-0.1, -0.05) is 42.5 Å². The van der Waals surface area contributed by atoms with E-state index in [-0.39, 0.29) is 6.42 Å². The molecule has 0 aliphatic heterocycles. The van der Waals surface area contributed by atoms with Crippen LogP contribution in [-0.2, 0) is 10.4 Å². The minimum atomic E-state index is -1.90. The highest BCUT2D eigenvalue weighted by Gasteiger charge is 2.41. The van der Waals surface area contributed by atoms with Crippen LogP contribution in [0.1, 0.15) is 28.7 Å². The van der Waals surface area contributed by atoms with Crippen LogP contribution < -0.4 is 0 Å². The Bertz CT molecular complexity index is 815. The molecule has 1 aliphatic rings. The third-order valence-corrected chi connectivity index (χ3v) is 3.94. The zero-order valence-corrected chi connectivity index (χ0v) is 11.7. The predicted molar refractivity (Wildman–Crippen MR) is 80.8 cm³/mol. The number of nitrogens with zero attached hydrogens (tertiary/aromatic N) is 1. The third-order valence-electron chi connectivity index (χ3n) is 3.94. The van der Waals surface area contributed by atoms with E-state index in [2.05, 4.69) is 6.07 Å². The zero-order chi connectivity index (χ0) is 15.7. The fourth-order valence-electron chi connectivity index (χ4n) is 2.75. The number of benzene rings is 2. The summed E-state index contributed by atoms with van der Waals surface area (Å²) in [5.74, 6) is -1.25. The normalized spacial score (nSPS) is 19.7. The number of rotatable bonds is 2. The van der Waals surface area contributed by atoms with E-state index in [1.165, 1.54) is 0 Å². The van der Waals surface area contributed by atoms with Crippen molar-refractivity contribution in [1.82, 2.24) is 0 Å². The standard InChI is InChI=1S/C18H13NO3/c19-11-12-5-7-13(8-6-12)14-9-10-18(22,17(20)21)16-4-2-1-3-15(14)16/h1-9,22H,10H2,(H,20,21). The Hall–Kier alpha value is -2.90. The van der Waals surface area contributed by atoms with E-state index in [1.807, 2.05) is 18.2 Å². The maximum atomic E-state index is 11.5. The van der Waals surface area contributed by atoms with E-state index in [4.69, 9.17) is 5.26 Å². The molecule has 22 heavy (non-hydrogen) atoms. The molecule has 0 spiro atoms. The van der Waals surface area contributed by atoms with Crippen LogP contribution in [0.25, 0.3) is 5.57 Å². The smallest absolute Gasteiger partial charge is 0.340 e. The van der Waals surface area contributed by atoms with Gasteiger partial charge >= 0.3 is 5.97 Å². The molecule has 2 N–H and O–H groups in total. The minimum absolute atomic E-state index is 0.00861. The first kappa shape index (κ1) is 14.1. The van der Waals surface area contributed by atoms with Gasteiger partial charge in [0.1, 0.15) is 0 Å². The third kappa shape index (κ3) is 2.09. The SMILES string of the molecule is N#Cc1ccc(C2=CCC(O)(C(=O)O)c3ccccc32)cc1. The van der Waals surface area contributed by atoms with Gasteiger partial charge < -0.3 is 10.2 Å². The van der Waals surface area contributed by atoms with Crippen molar-refractivity contribution in [1.29, 1.82) is 5.26 Å². The quantitative estimate of drug-likeness (QED) is 0.891. The van der Waals surface area contributed by atoms with Crippen LogP contribution in [0, 0.1) is 11.3 Å². The summed E-state index contributed by atoms with van der Waals surface area (Å²) in [6.07, 6.45) is 1.74. The Morgan fingerprint density at radius 2 is 1.82 bits per heavy atom. The average Bonchev–Trinajstić information content (AvgIpc) is 2.55. The summed E-state index contributed by atoms with van der Waals surface area (Å²) in [5.41, 5.74) is 1.51. The molecule has 1 atom stereocenters. The summed E-state index contributed by atoms with van der Waals surface area (Å²) in [6.45, 7) is 0. The second-order valence-corrected chi connectivity index (χ2v) is 5.22. The van der Waals surface area contributed by atoms with E-state index < -0.39 is 11.6 Å². The van der Waals surface area contributed by atoms with Crippen LogP contribution in [0.5, 0.6) is 0 Å². The molecule has 0 heterocycles. The van der Waals surface area contributed by atoms with Crippen molar-refractivity contribution in [2.24, 2.45) is 0 Å². The largest absolute Gasteiger partial charge is 0.479 e. The van der Waals surface area contributed by atoms with Gasteiger partial charge in [0.05, 0.1) is 11.6 Å². The molecule has 108 valence electrons. The summed E-state index contributed by atoms with van der Waals surface area (Å²) in [4.78, 5) is 11.5. The van der Waals surface area contributed by atoms with Crippen LogP contribution in [-0.4, -0.2) is 16.2 Å². The second-order valence-electron chi connectivity index (χ2n) is 5.22. The molecule has 0 radical (unpaired) electrons. The number of hydrogen-bond donors (Lipinski definition) is 2. The van der Waals surface area contributed by atoms with Crippen molar-refractivity contribution in [3.63, 3.8) is 0 Å². The van der Waals surface area contributed by atoms with Gasteiger partial charge in [-0.25, -0.2) is 4.79 Å². The van der Waals surface area contributed by atoms with Gasteiger partial charge in [0, 0.05) is 12.0 Å². The maximum Gasteiger partial charge on any atom is 0.340 e. The molecule has 0 saturated heterocycles. The minimum Gasteiger partial charge on any atom is -0.479 e. The number of carbonyl (C=O) groups is 1. The molecule has 4 heteroatoms. The van der Waals surface area contributed by atoms with Gasteiger partial charge in [-0.3, -0.25) is 0 Å². The summed E-state index contributed by atoms with van der Waals surface area (Å²) in [5, 5.41) is 28.7. The Kier molecular flexibility index (Phi) is 3.28. The second kappa shape index (κ2) is 5.14. The van der Waals surface area contributed by atoms with E-state index in [9.17, 15) is 15.0 Å². The number of carboxylic acids is 1. The molecule has 0 bridgehead atoms. The van der Waals surface area contributed by atoms with E-state index in [1.54, 1.807) is 36.4 Å². The number of carboxylic acid groups (broad SMARTS) is 1. The fourth-order valence-corrected chi connectivity index (χ4v) is 2.75. The molecule has 0 aromatic heterocycles. The van der Waals surface area contributed by atoms with Crippen molar-refractivity contribution in [2.75, 3.05) is 0 Å². The van der Waals surface area contributed by atoms with Crippen LogP contribution in [0.2, 0.25) is 0 Å². The van der Waals surface area contributed by atoms with E-state index in [0.29, 0.717) is 16.7 Å². The van der Waals surface area contributed by atoms with E-state index >= 15 is 0 Å². The van der Waals surface area contributed by atoms with Crippen LogP contribution in [0.15, 0.2) is 54.6 Å². The highest BCUT2D eigenvalue weighted by atomic mass is 16.4. The lowest BCUT2D eigenvalue weighted by molar-refractivity contribution is -0.159. The average molecular weight is 291 g/mol. The Morgan fingerprint density at radius 1 is 1.14 bits per heavy atom. The van der Waals surface area contributed by atoms with Crippen molar-refractivity contribution in [3.8, 4) is 6.07 Å². The monoisotopic (exact) mass is 291 g/mol. The molecule has 4 nitrogen and oxygen atoms in total. The summed E-state index contributed by atoms with van der Waals surface area (Å²) in [6, 6.07) is 16.1. The van der Waals surface area contributed by atoms with Gasteiger partial charge in [0.25, 0.3) is 0 Å². The fraction of sp³-hybridized carbons (Fsp3) is 0.111. The number of aliphatic hydroxyl groups is 1. The number of fused-ring (bicyclic) bond motifs is 1. The van der Waals surface area contributed by atoms with Crippen LogP contribution in [0.3, 0.4) is 0 Å². The lowest BCUT2D eigenvalue weighted by Crippen LogP contribution is -2.37. The summed E-state index contributed by atoms with van der Waals surface area (Å²) < 4.78 is 0. The Labute approximate surface area is 127 Å². The zero-order valence-electron chi connectivity index (χ0n) is 11.7. The first-order chi connectivity index (χ1) is 10.6. The Morgan fingerprint density at radius 3 is 2.45 bits per heavy atom. The Balaban J connectivity index is 2.14. The molecule has 2 aromatic carbocycles. The van der Waals surface area contributed by atoms with Crippen molar-refractivity contribution in [2.45, 2.75) is 12.0 Å².